The molecule has 1 unspecified atom stereocenters. The van der Waals surface area contributed by atoms with Gasteiger partial charge in [-0.15, -0.1) is 0 Å². The van der Waals surface area contributed by atoms with E-state index in [4.69, 9.17) is 16.3 Å². The molecule has 0 heterocycles. The van der Waals surface area contributed by atoms with Crippen LogP contribution in [-0.4, -0.2) is 28.7 Å². The van der Waals surface area contributed by atoms with E-state index in [1.165, 1.54) is 5.19 Å². The van der Waals surface area contributed by atoms with Gasteiger partial charge in [0.25, 0.3) is 0 Å². The Morgan fingerprint density at radius 1 is 1.03 bits per heavy atom. The maximum atomic E-state index is 13.0. The summed E-state index contributed by atoms with van der Waals surface area (Å²) in [6.45, 7) is 22.9. The lowest BCUT2D eigenvalue weighted by Crippen LogP contribution is -2.54. The minimum atomic E-state index is -1.97. The molecular formula is C27H35ClO2Si2. The molecule has 0 radical (unpaired) electrons. The predicted molar refractivity (Wildman–Crippen MR) is 145 cm³/mol. The van der Waals surface area contributed by atoms with E-state index in [9.17, 15) is 4.79 Å². The van der Waals surface area contributed by atoms with Gasteiger partial charge in [0.05, 0.1) is 20.3 Å². The quantitative estimate of drug-likeness (QED) is 0.162. The number of esters is 1. The molecule has 2 aromatic carbocycles. The number of allylic oxidation sites excluding steroid dienone is 1. The van der Waals surface area contributed by atoms with Crippen molar-refractivity contribution < 1.29 is 9.53 Å². The number of carbonyl (C=O) groups is 1. The van der Waals surface area contributed by atoms with Crippen LogP contribution in [0.1, 0.15) is 12.5 Å². The lowest BCUT2D eigenvalue weighted by Gasteiger charge is -2.43. The lowest BCUT2D eigenvalue weighted by molar-refractivity contribution is -0.138. The largest absolute Gasteiger partial charge is 0.462 e. The van der Waals surface area contributed by atoms with Crippen molar-refractivity contribution in [1.29, 1.82) is 0 Å². The molecule has 0 saturated carbocycles. The van der Waals surface area contributed by atoms with Gasteiger partial charge in [-0.1, -0.05) is 105 Å². The Hall–Kier alpha value is -2.15. The Kier molecular flexibility index (Phi) is 8.69. The van der Waals surface area contributed by atoms with E-state index < -0.39 is 16.1 Å². The summed E-state index contributed by atoms with van der Waals surface area (Å²) in [5.41, 5.74) is 2.89. The second-order valence-electron chi connectivity index (χ2n) is 9.72. The molecule has 1 atom stereocenters. The molecule has 0 spiro atoms. The maximum absolute atomic E-state index is 13.0. The zero-order valence-corrected chi connectivity index (χ0v) is 22.9. The van der Waals surface area contributed by atoms with Gasteiger partial charge in [-0.05, 0) is 47.0 Å². The molecule has 0 N–H and O–H groups in total. The smallest absolute Gasteiger partial charge is 0.338 e. The van der Waals surface area contributed by atoms with Crippen molar-refractivity contribution in [3.05, 3.63) is 95.1 Å². The fourth-order valence-corrected chi connectivity index (χ4v) is 17.7. The Bertz CT molecular complexity index is 1020. The van der Waals surface area contributed by atoms with Gasteiger partial charge in [0, 0.05) is 13.1 Å². The molecule has 0 fully saturated rings. The fourth-order valence-electron chi connectivity index (χ4n) is 4.66. The second kappa shape index (κ2) is 10.6. The van der Waals surface area contributed by atoms with Gasteiger partial charge in [-0.25, -0.2) is 4.79 Å². The summed E-state index contributed by atoms with van der Waals surface area (Å²) in [7, 11) is -3.70. The van der Waals surface area contributed by atoms with Crippen molar-refractivity contribution in [2.45, 2.75) is 44.8 Å². The van der Waals surface area contributed by atoms with Crippen LogP contribution in [-0.2, 0) is 9.53 Å². The third-order valence-electron chi connectivity index (χ3n) is 5.82. The van der Waals surface area contributed by atoms with Crippen LogP contribution in [0.25, 0.3) is 6.08 Å². The Morgan fingerprint density at radius 3 is 2.19 bits per heavy atom. The van der Waals surface area contributed by atoms with Crippen molar-refractivity contribution in [2.24, 2.45) is 0 Å². The maximum Gasteiger partial charge on any atom is 0.338 e. The normalized spacial score (nSPS) is 13.4. The molecule has 0 amide bonds. The van der Waals surface area contributed by atoms with E-state index in [1.807, 2.05) is 37.3 Å². The monoisotopic (exact) mass is 482 g/mol. The van der Waals surface area contributed by atoms with Crippen LogP contribution in [0.15, 0.2) is 84.5 Å². The highest BCUT2D eigenvalue weighted by Gasteiger charge is 2.44. The zero-order valence-electron chi connectivity index (χ0n) is 20.2. The van der Waals surface area contributed by atoms with Gasteiger partial charge in [0.1, 0.15) is 0 Å². The SMILES string of the molecule is C=C(C(=C)C([Si](C)(C)C)[Si](C)(C)c1ccccc1)/C(=C/c1cccc(Cl)c1)C(=O)OCC. The molecule has 0 aliphatic heterocycles. The molecule has 2 aromatic rings. The van der Waals surface area contributed by atoms with Crippen molar-refractivity contribution in [3.8, 4) is 0 Å². The summed E-state index contributed by atoms with van der Waals surface area (Å²) in [5, 5.41) is 2.30. The molecule has 32 heavy (non-hydrogen) atoms. The number of carbonyl (C=O) groups excluding carboxylic acids is 1. The number of benzene rings is 2. The topological polar surface area (TPSA) is 26.3 Å². The van der Waals surface area contributed by atoms with E-state index in [0.29, 0.717) is 27.9 Å². The molecule has 5 heteroatoms. The molecule has 0 aliphatic carbocycles. The van der Waals surface area contributed by atoms with Crippen LogP contribution in [0, 0.1) is 0 Å². The first-order valence-corrected chi connectivity index (χ1v) is 18.0. The zero-order chi connectivity index (χ0) is 24.1. The fraction of sp³-hybridized carbons (Fsp3) is 0.296. The van der Waals surface area contributed by atoms with Crippen LogP contribution in [0.4, 0.5) is 0 Å². The molecule has 0 bridgehead atoms. The molecule has 2 nitrogen and oxygen atoms in total. The number of rotatable bonds is 9. The first-order valence-electron chi connectivity index (χ1n) is 11.0. The lowest BCUT2D eigenvalue weighted by atomic mass is 9.99. The van der Waals surface area contributed by atoms with E-state index in [1.54, 1.807) is 0 Å². The van der Waals surface area contributed by atoms with Gasteiger partial charge < -0.3 is 4.74 Å². The molecular weight excluding hydrogens is 448 g/mol. The minimum Gasteiger partial charge on any atom is -0.462 e. The highest BCUT2D eigenvalue weighted by Crippen LogP contribution is 2.42. The number of hydrogen-bond acceptors (Lipinski definition) is 2. The molecule has 0 aliphatic rings. The van der Waals surface area contributed by atoms with Gasteiger partial charge in [-0.3, -0.25) is 0 Å². The summed E-state index contributed by atoms with van der Waals surface area (Å²) >= 11 is 6.17. The van der Waals surface area contributed by atoms with Gasteiger partial charge >= 0.3 is 5.97 Å². The summed E-state index contributed by atoms with van der Waals surface area (Å²) in [6.07, 6.45) is 1.82. The van der Waals surface area contributed by atoms with E-state index in [-0.39, 0.29) is 5.97 Å². The van der Waals surface area contributed by atoms with E-state index in [0.717, 1.165) is 11.1 Å². The summed E-state index contributed by atoms with van der Waals surface area (Å²) in [6, 6.07) is 18.1. The Labute approximate surface area is 200 Å². The van der Waals surface area contributed by atoms with Crippen molar-refractivity contribution >= 4 is 45.0 Å². The second-order valence-corrected chi connectivity index (χ2v) is 20.6. The average Bonchev–Trinajstić information content (AvgIpc) is 2.71. The Morgan fingerprint density at radius 2 is 1.66 bits per heavy atom. The van der Waals surface area contributed by atoms with Gasteiger partial charge in [-0.2, -0.15) is 0 Å². The predicted octanol–water partition coefficient (Wildman–Crippen LogP) is 7.26. The van der Waals surface area contributed by atoms with Gasteiger partial charge in [0.2, 0.25) is 0 Å². The number of hydrogen-bond donors (Lipinski definition) is 0. The van der Waals surface area contributed by atoms with Crippen molar-refractivity contribution in [1.82, 2.24) is 0 Å². The molecule has 0 saturated heterocycles. The van der Waals surface area contributed by atoms with Crippen LogP contribution in [0.5, 0.6) is 0 Å². The number of halogens is 1. The minimum absolute atomic E-state index is 0.294. The molecule has 170 valence electrons. The van der Waals surface area contributed by atoms with E-state index in [2.05, 4.69) is 76.2 Å². The third kappa shape index (κ3) is 6.21. The van der Waals surface area contributed by atoms with Gasteiger partial charge in [0.15, 0.2) is 0 Å². The van der Waals surface area contributed by atoms with Crippen LogP contribution < -0.4 is 5.19 Å². The first kappa shape index (κ1) is 26.1. The third-order valence-corrected chi connectivity index (χ3v) is 16.5. The summed E-state index contributed by atoms with van der Waals surface area (Å²) in [4.78, 5) is 13.0. The summed E-state index contributed by atoms with van der Waals surface area (Å²) in [5.74, 6) is -0.382. The van der Waals surface area contributed by atoms with Crippen LogP contribution in [0.3, 0.4) is 0 Å². The highest BCUT2D eigenvalue weighted by molar-refractivity contribution is 7.04. The molecule has 2 rings (SSSR count). The van der Waals surface area contributed by atoms with Crippen molar-refractivity contribution in [2.75, 3.05) is 6.61 Å². The molecule has 0 aromatic heterocycles. The van der Waals surface area contributed by atoms with Crippen LogP contribution >= 0.6 is 11.6 Å². The van der Waals surface area contributed by atoms with E-state index >= 15 is 0 Å². The van der Waals surface area contributed by atoms with Crippen LogP contribution in [0.2, 0.25) is 42.9 Å². The highest BCUT2D eigenvalue weighted by atomic mass is 35.5. The standard InChI is InChI=1S/C27H35ClO2Si2/c1-9-30-26(29)25(19-22-14-13-15-23(28)18-22)20(2)21(3)27(31(4,5)6)32(7,8)24-16-11-10-12-17-24/h10-19,27H,2-3,9H2,1,4-8H3/b25-19-. The number of ether oxygens (including phenoxy) is 1. The van der Waals surface area contributed by atoms with Crippen molar-refractivity contribution in [3.63, 3.8) is 0 Å². The average molecular weight is 483 g/mol. The first-order chi connectivity index (χ1) is 14.9. The summed E-state index contributed by atoms with van der Waals surface area (Å²) < 4.78 is 5.39. The Balaban J connectivity index is 2.57.